The number of thiazole rings is 1. The lowest BCUT2D eigenvalue weighted by Gasteiger charge is -2.13. The number of carboxylic acids is 1. The molecule has 0 aromatic carbocycles. The van der Waals surface area contributed by atoms with Crippen LogP contribution in [-0.4, -0.2) is 28.1 Å². The summed E-state index contributed by atoms with van der Waals surface area (Å²) in [6.45, 7) is 4.17. The molecule has 1 atom stereocenters. The quantitative estimate of drug-likeness (QED) is 0.713. The molecular formula is C12H19N3O3S. The van der Waals surface area contributed by atoms with E-state index in [0.717, 1.165) is 10.7 Å². The van der Waals surface area contributed by atoms with Crippen LogP contribution in [0.3, 0.4) is 0 Å². The van der Waals surface area contributed by atoms with Crippen LogP contribution in [0.25, 0.3) is 0 Å². The van der Waals surface area contributed by atoms with E-state index in [9.17, 15) is 9.59 Å². The van der Waals surface area contributed by atoms with Crippen LogP contribution in [0.1, 0.15) is 36.9 Å². The first-order chi connectivity index (χ1) is 8.97. The van der Waals surface area contributed by atoms with E-state index in [0.29, 0.717) is 19.4 Å². The van der Waals surface area contributed by atoms with Gasteiger partial charge in [-0.2, -0.15) is 0 Å². The molecule has 1 aromatic heterocycles. The predicted octanol–water partition coefficient (Wildman–Crippen LogP) is 1.89. The molecule has 0 fully saturated rings. The molecule has 6 nitrogen and oxygen atoms in total. The Morgan fingerprint density at radius 2 is 2.26 bits per heavy atom. The van der Waals surface area contributed by atoms with Crippen molar-refractivity contribution in [3.8, 4) is 0 Å². The molecule has 1 unspecified atom stereocenters. The van der Waals surface area contributed by atoms with E-state index < -0.39 is 5.97 Å². The van der Waals surface area contributed by atoms with Gasteiger partial charge in [-0.05, 0) is 26.7 Å². The first kappa shape index (κ1) is 15.4. The lowest BCUT2D eigenvalue weighted by molar-refractivity contribution is -0.137. The van der Waals surface area contributed by atoms with Gasteiger partial charge >= 0.3 is 12.0 Å². The van der Waals surface area contributed by atoms with Gasteiger partial charge in [0.1, 0.15) is 5.01 Å². The lowest BCUT2D eigenvalue weighted by Crippen LogP contribution is -2.40. The van der Waals surface area contributed by atoms with Gasteiger partial charge in [0.15, 0.2) is 0 Å². The van der Waals surface area contributed by atoms with Crippen molar-refractivity contribution < 1.29 is 14.7 Å². The van der Waals surface area contributed by atoms with Crippen LogP contribution in [0.15, 0.2) is 5.38 Å². The average molecular weight is 285 g/mol. The van der Waals surface area contributed by atoms with E-state index in [2.05, 4.69) is 15.6 Å². The zero-order chi connectivity index (χ0) is 14.3. The highest BCUT2D eigenvalue weighted by Gasteiger charge is 2.08. The Balaban J connectivity index is 2.17. The van der Waals surface area contributed by atoms with Gasteiger partial charge in [-0.1, -0.05) is 0 Å². The molecule has 0 radical (unpaired) electrons. The van der Waals surface area contributed by atoms with E-state index in [-0.39, 0.29) is 18.5 Å². The Hall–Kier alpha value is -1.63. The number of carbonyl (C=O) groups is 2. The summed E-state index contributed by atoms with van der Waals surface area (Å²) in [6.07, 6.45) is 1.34. The first-order valence-electron chi connectivity index (χ1n) is 6.14. The molecule has 1 rings (SSSR count). The molecule has 3 N–H and O–H groups in total. The Morgan fingerprint density at radius 3 is 2.84 bits per heavy atom. The van der Waals surface area contributed by atoms with Crippen molar-refractivity contribution in [1.29, 1.82) is 0 Å². The molecule has 0 saturated heterocycles. The lowest BCUT2D eigenvalue weighted by atomic mass is 10.1. The number of amides is 2. The molecule has 1 aromatic rings. The third-order valence-electron chi connectivity index (χ3n) is 2.47. The molecular weight excluding hydrogens is 266 g/mol. The topological polar surface area (TPSA) is 91.3 Å². The molecule has 7 heteroatoms. The van der Waals surface area contributed by atoms with Gasteiger partial charge in [0.25, 0.3) is 0 Å². The van der Waals surface area contributed by atoms with E-state index in [1.807, 2.05) is 19.2 Å². The summed E-state index contributed by atoms with van der Waals surface area (Å²) in [5, 5.41) is 16.8. The number of nitrogens with one attached hydrogen (secondary N) is 2. The SMILES string of the molecule is Cc1csc(CNC(=O)NC(C)CCCC(=O)O)n1. The molecule has 0 spiro atoms. The van der Waals surface area contributed by atoms with Gasteiger partial charge in [-0.15, -0.1) is 11.3 Å². The van der Waals surface area contributed by atoms with E-state index in [1.165, 1.54) is 11.3 Å². The normalized spacial score (nSPS) is 11.9. The number of hydrogen-bond acceptors (Lipinski definition) is 4. The average Bonchev–Trinajstić information content (AvgIpc) is 2.72. The number of rotatable bonds is 7. The summed E-state index contributed by atoms with van der Waals surface area (Å²) < 4.78 is 0. The van der Waals surface area contributed by atoms with Gasteiger partial charge in [-0.3, -0.25) is 4.79 Å². The van der Waals surface area contributed by atoms with Crippen LogP contribution in [0, 0.1) is 6.92 Å². The molecule has 1 heterocycles. The molecule has 19 heavy (non-hydrogen) atoms. The number of nitrogens with zero attached hydrogens (tertiary/aromatic N) is 1. The zero-order valence-corrected chi connectivity index (χ0v) is 11.9. The van der Waals surface area contributed by atoms with E-state index >= 15 is 0 Å². The largest absolute Gasteiger partial charge is 0.481 e. The van der Waals surface area contributed by atoms with Crippen LogP contribution < -0.4 is 10.6 Å². The fourth-order valence-electron chi connectivity index (χ4n) is 1.55. The van der Waals surface area contributed by atoms with Crippen LogP contribution in [0.4, 0.5) is 4.79 Å². The Labute approximate surface area is 116 Å². The smallest absolute Gasteiger partial charge is 0.315 e. The molecule has 0 saturated carbocycles. The molecule has 106 valence electrons. The van der Waals surface area contributed by atoms with Crippen molar-refractivity contribution in [1.82, 2.24) is 15.6 Å². The third-order valence-corrected chi connectivity index (χ3v) is 3.44. The number of carboxylic acid groups (broad SMARTS) is 1. The van der Waals surface area contributed by atoms with Crippen LogP contribution >= 0.6 is 11.3 Å². The number of hydrogen-bond donors (Lipinski definition) is 3. The zero-order valence-electron chi connectivity index (χ0n) is 11.1. The fraction of sp³-hybridized carbons (Fsp3) is 0.583. The minimum Gasteiger partial charge on any atom is -0.481 e. The maximum absolute atomic E-state index is 11.6. The minimum atomic E-state index is -0.809. The highest BCUT2D eigenvalue weighted by Crippen LogP contribution is 2.07. The second-order valence-corrected chi connectivity index (χ2v) is 5.34. The van der Waals surface area contributed by atoms with Gasteiger partial charge in [-0.25, -0.2) is 9.78 Å². The van der Waals surface area contributed by atoms with Crippen LogP contribution in [0.2, 0.25) is 0 Å². The van der Waals surface area contributed by atoms with Crippen molar-refractivity contribution in [3.63, 3.8) is 0 Å². The van der Waals surface area contributed by atoms with Crippen LogP contribution in [0.5, 0.6) is 0 Å². The number of aromatic nitrogens is 1. The number of aryl methyl sites for hydroxylation is 1. The Morgan fingerprint density at radius 1 is 1.53 bits per heavy atom. The van der Waals surface area contributed by atoms with E-state index in [4.69, 9.17) is 5.11 Å². The van der Waals surface area contributed by atoms with Gasteiger partial charge in [0.2, 0.25) is 0 Å². The second-order valence-electron chi connectivity index (χ2n) is 4.40. The molecule has 0 bridgehead atoms. The van der Waals surface area contributed by atoms with Crippen LogP contribution in [-0.2, 0) is 11.3 Å². The van der Waals surface area contributed by atoms with Crippen molar-refractivity contribution in [2.24, 2.45) is 0 Å². The summed E-state index contributed by atoms with van der Waals surface area (Å²) in [6, 6.07) is -0.298. The van der Waals surface area contributed by atoms with Crippen molar-refractivity contribution in [2.45, 2.75) is 45.7 Å². The summed E-state index contributed by atoms with van der Waals surface area (Å²) in [4.78, 5) is 26.2. The standard InChI is InChI=1S/C12H19N3O3S/c1-8(4-3-5-11(16)17)15-12(18)13-6-10-14-9(2)7-19-10/h7-8H,3-6H2,1-2H3,(H,16,17)(H2,13,15,18). The minimum absolute atomic E-state index is 0.0441. The third kappa shape index (κ3) is 6.76. The maximum Gasteiger partial charge on any atom is 0.315 e. The highest BCUT2D eigenvalue weighted by atomic mass is 32.1. The van der Waals surface area contributed by atoms with Crippen molar-refractivity contribution >= 4 is 23.3 Å². The summed E-state index contributed by atoms with van der Waals surface area (Å²) >= 11 is 1.51. The van der Waals surface area contributed by atoms with E-state index in [1.54, 1.807) is 0 Å². The van der Waals surface area contributed by atoms with Gasteiger partial charge < -0.3 is 15.7 Å². The van der Waals surface area contributed by atoms with Gasteiger partial charge in [0.05, 0.1) is 6.54 Å². The summed E-state index contributed by atoms with van der Waals surface area (Å²) in [7, 11) is 0. The number of aliphatic carboxylic acids is 1. The second kappa shape index (κ2) is 7.73. The summed E-state index contributed by atoms with van der Waals surface area (Å²) in [5.74, 6) is -0.809. The molecule has 2 amide bonds. The number of carbonyl (C=O) groups excluding carboxylic acids is 1. The Kier molecular flexibility index (Phi) is 6.27. The first-order valence-corrected chi connectivity index (χ1v) is 7.02. The predicted molar refractivity (Wildman–Crippen MR) is 73.2 cm³/mol. The van der Waals surface area contributed by atoms with Crippen molar-refractivity contribution in [2.75, 3.05) is 0 Å². The van der Waals surface area contributed by atoms with Gasteiger partial charge in [0, 0.05) is 23.5 Å². The fourth-order valence-corrected chi connectivity index (χ4v) is 2.26. The Bertz CT molecular complexity index is 434. The molecule has 0 aliphatic carbocycles. The highest BCUT2D eigenvalue weighted by molar-refractivity contribution is 7.09. The monoisotopic (exact) mass is 285 g/mol. The maximum atomic E-state index is 11.6. The number of urea groups is 1. The molecule has 0 aliphatic heterocycles. The molecule has 0 aliphatic rings. The van der Waals surface area contributed by atoms with Crippen molar-refractivity contribution in [3.05, 3.63) is 16.1 Å². The summed E-state index contributed by atoms with van der Waals surface area (Å²) in [5.41, 5.74) is 0.948.